The van der Waals surface area contributed by atoms with Crippen molar-refractivity contribution in [3.63, 3.8) is 0 Å². The summed E-state index contributed by atoms with van der Waals surface area (Å²) in [5.74, 6) is -3.06. The van der Waals surface area contributed by atoms with E-state index in [1.807, 2.05) is 30.3 Å². The Balaban J connectivity index is 1.53. The van der Waals surface area contributed by atoms with Gasteiger partial charge in [0.15, 0.2) is 21.5 Å². The summed E-state index contributed by atoms with van der Waals surface area (Å²) in [4.78, 5) is 13.2. The van der Waals surface area contributed by atoms with Gasteiger partial charge in [-0.15, -0.1) is 0 Å². The number of nitrogens with one attached hydrogen (secondary N) is 1. The first-order valence-corrected chi connectivity index (χ1v) is 14.5. The summed E-state index contributed by atoms with van der Waals surface area (Å²) in [7, 11) is -3.93. The van der Waals surface area contributed by atoms with E-state index in [1.54, 1.807) is 6.92 Å². The van der Waals surface area contributed by atoms with Crippen molar-refractivity contribution in [2.45, 2.75) is 54.8 Å². The van der Waals surface area contributed by atoms with Crippen molar-refractivity contribution >= 4 is 33.0 Å². The molecule has 2 aliphatic rings. The Morgan fingerprint density at radius 2 is 1.68 bits per heavy atom. The minimum atomic E-state index is -3.93. The molecule has 2 bridgehead atoms. The van der Waals surface area contributed by atoms with Crippen LogP contribution in [0.4, 0.5) is 14.5 Å². The van der Waals surface area contributed by atoms with E-state index in [4.69, 9.17) is 11.6 Å². The normalized spacial score (nSPS) is 24.8. The Labute approximate surface area is 225 Å². The van der Waals surface area contributed by atoms with Gasteiger partial charge in [0.1, 0.15) is 0 Å². The summed E-state index contributed by atoms with van der Waals surface area (Å²) in [5.41, 5.74) is 0.599. The van der Waals surface area contributed by atoms with E-state index in [2.05, 4.69) is 5.32 Å². The average Bonchev–Trinajstić information content (AvgIpc) is 3.02. The zero-order valence-electron chi connectivity index (χ0n) is 20.8. The third-order valence-corrected chi connectivity index (χ3v) is 10.8. The molecule has 2 aliphatic carbocycles. The molecule has 0 aliphatic heterocycles. The molecule has 2 saturated carbocycles. The van der Waals surface area contributed by atoms with Gasteiger partial charge in [-0.05, 0) is 86.3 Å². The van der Waals surface area contributed by atoms with E-state index in [0.29, 0.717) is 24.8 Å². The lowest BCUT2D eigenvalue weighted by atomic mass is 9.76. The highest BCUT2D eigenvalue weighted by Gasteiger charge is 2.53. The Morgan fingerprint density at radius 3 is 2.32 bits per heavy atom. The quantitative estimate of drug-likeness (QED) is 0.378. The first kappa shape index (κ1) is 26.8. The highest BCUT2D eigenvalue weighted by atomic mass is 35.5. The Bertz CT molecular complexity index is 1480. The summed E-state index contributed by atoms with van der Waals surface area (Å²) in [6.45, 7) is 1.78. The van der Waals surface area contributed by atoms with Crippen molar-refractivity contribution in [1.29, 1.82) is 0 Å². The number of amides is 1. The number of benzene rings is 3. The molecule has 2 unspecified atom stereocenters. The van der Waals surface area contributed by atoms with Gasteiger partial charge >= 0.3 is 0 Å². The SMILES string of the molecule is C[C@]1(O)C2CCC1C[C@@H](S(=O)(=O)c1cc(C(=O)Nc3ccc(F)c(F)c3)c(Cc3ccccc3)cc1Cl)C2. The molecule has 5 rings (SSSR count). The number of sulfone groups is 1. The molecule has 2 fully saturated rings. The topological polar surface area (TPSA) is 83.5 Å². The van der Waals surface area contributed by atoms with Crippen LogP contribution in [-0.2, 0) is 16.3 Å². The van der Waals surface area contributed by atoms with Crippen LogP contribution in [-0.4, -0.2) is 30.3 Å². The first-order valence-electron chi connectivity index (χ1n) is 12.6. The fourth-order valence-electron chi connectivity index (χ4n) is 5.96. The molecule has 200 valence electrons. The molecule has 2 N–H and O–H groups in total. The summed E-state index contributed by atoms with van der Waals surface area (Å²) in [6, 6.07) is 15.1. The van der Waals surface area contributed by atoms with Crippen LogP contribution in [0, 0.1) is 23.5 Å². The Morgan fingerprint density at radius 1 is 1.03 bits per heavy atom. The third-order valence-electron chi connectivity index (χ3n) is 8.17. The van der Waals surface area contributed by atoms with Gasteiger partial charge in [0.05, 0.1) is 20.8 Å². The van der Waals surface area contributed by atoms with Gasteiger partial charge < -0.3 is 10.4 Å². The predicted octanol–water partition coefficient (Wildman–Crippen LogP) is 6.17. The largest absolute Gasteiger partial charge is 0.390 e. The van der Waals surface area contributed by atoms with Gasteiger partial charge in [-0.25, -0.2) is 17.2 Å². The monoisotopic (exact) mass is 559 g/mol. The Kier molecular flexibility index (Phi) is 7.09. The van der Waals surface area contributed by atoms with Crippen LogP contribution in [0.25, 0.3) is 0 Å². The van der Waals surface area contributed by atoms with Crippen molar-refractivity contribution in [2.24, 2.45) is 11.8 Å². The van der Waals surface area contributed by atoms with E-state index in [9.17, 15) is 27.1 Å². The van der Waals surface area contributed by atoms with E-state index >= 15 is 0 Å². The fraction of sp³-hybridized carbons (Fsp3) is 0.345. The maximum atomic E-state index is 13.8. The Hall–Kier alpha value is -2.81. The molecule has 3 aromatic carbocycles. The van der Waals surface area contributed by atoms with Crippen LogP contribution in [0.15, 0.2) is 65.6 Å². The molecule has 0 saturated heterocycles. The van der Waals surface area contributed by atoms with Crippen LogP contribution in [0.3, 0.4) is 0 Å². The molecule has 3 aromatic rings. The number of carbonyl (C=O) groups is 1. The van der Waals surface area contributed by atoms with Crippen molar-refractivity contribution in [3.8, 4) is 0 Å². The fourth-order valence-corrected chi connectivity index (χ4v) is 8.41. The molecular formula is C29H28ClF2NO4S. The van der Waals surface area contributed by atoms with Gasteiger partial charge in [-0.2, -0.15) is 0 Å². The summed E-state index contributed by atoms with van der Waals surface area (Å²) in [6.07, 6.45) is 2.50. The number of rotatable bonds is 6. The maximum absolute atomic E-state index is 13.8. The molecule has 2 atom stereocenters. The maximum Gasteiger partial charge on any atom is 0.255 e. The van der Waals surface area contributed by atoms with Crippen molar-refractivity contribution < 1.29 is 27.1 Å². The zero-order valence-corrected chi connectivity index (χ0v) is 22.3. The molecule has 0 aromatic heterocycles. The lowest BCUT2D eigenvalue weighted by Gasteiger charge is -2.40. The van der Waals surface area contributed by atoms with Crippen LogP contribution in [0.1, 0.15) is 54.1 Å². The predicted molar refractivity (Wildman–Crippen MR) is 142 cm³/mol. The molecule has 5 nitrogen and oxygen atoms in total. The number of aliphatic hydroxyl groups is 1. The van der Waals surface area contributed by atoms with Gasteiger partial charge in [-0.3, -0.25) is 4.79 Å². The van der Waals surface area contributed by atoms with Gasteiger partial charge in [0, 0.05) is 17.3 Å². The second kappa shape index (κ2) is 10.1. The van der Waals surface area contributed by atoms with Gasteiger partial charge in [0.25, 0.3) is 5.91 Å². The van der Waals surface area contributed by atoms with Crippen LogP contribution in [0.5, 0.6) is 0 Å². The lowest BCUT2D eigenvalue weighted by molar-refractivity contribution is -0.0413. The number of carbonyl (C=O) groups excluding carboxylic acids is 1. The van der Waals surface area contributed by atoms with Crippen molar-refractivity contribution in [1.82, 2.24) is 0 Å². The number of hydrogen-bond acceptors (Lipinski definition) is 4. The zero-order chi connectivity index (χ0) is 27.2. The van der Waals surface area contributed by atoms with Crippen LogP contribution in [0.2, 0.25) is 5.02 Å². The van der Waals surface area contributed by atoms with Gasteiger partial charge in [0.2, 0.25) is 0 Å². The summed E-state index contributed by atoms with van der Waals surface area (Å²) in [5, 5.41) is 12.7. The van der Waals surface area contributed by atoms with Crippen molar-refractivity contribution in [2.75, 3.05) is 5.32 Å². The molecule has 38 heavy (non-hydrogen) atoms. The standard InChI is InChI=1S/C29H28ClF2NO4S/c1-29(35)19-7-8-20(29)14-22(13-19)38(36,37)27-16-23(28(34)33-21-9-10-25(31)26(32)15-21)18(12-24(27)30)11-17-5-3-2-4-6-17/h2-6,9-10,12,15-16,19-20,22,35H,7-8,11,13-14H2,1H3,(H,33,34)/t19?,20?,22-,29-. The number of fused-ring (bicyclic) bond motifs is 2. The van der Waals surface area contributed by atoms with Crippen LogP contribution >= 0.6 is 11.6 Å². The molecule has 1 amide bonds. The number of hydrogen-bond donors (Lipinski definition) is 2. The highest BCUT2D eigenvalue weighted by Crippen LogP contribution is 2.52. The van der Waals surface area contributed by atoms with E-state index in [-0.39, 0.29) is 33.0 Å². The number of halogens is 3. The summed E-state index contributed by atoms with van der Waals surface area (Å²) < 4.78 is 54.8. The second-order valence-corrected chi connectivity index (χ2v) is 13.1. The highest BCUT2D eigenvalue weighted by molar-refractivity contribution is 7.92. The smallest absolute Gasteiger partial charge is 0.255 e. The van der Waals surface area contributed by atoms with E-state index < -0.39 is 38.2 Å². The minimum Gasteiger partial charge on any atom is -0.390 e. The molecule has 9 heteroatoms. The molecule has 0 heterocycles. The summed E-state index contributed by atoms with van der Waals surface area (Å²) >= 11 is 6.57. The van der Waals surface area contributed by atoms with E-state index in [0.717, 1.165) is 30.5 Å². The third kappa shape index (κ3) is 4.97. The molecule has 0 radical (unpaired) electrons. The minimum absolute atomic E-state index is 0.0185. The molecule has 0 spiro atoms. The lowest BCUT2D eigenvalue weighted by Crippen LogP contribution is -2.45. The van der Waals surface area contributed by atoms with E-state index in [1.165, 1.54) is 18.2 Å². The van der Waals surface area contributed by atoms with Gasteiger partial charge in [-0.1, -0.05) is 41.9 Å². The second-order valence-electron chi connectivity index (χ2n) is 10.5. The first-order chi connectivity index (χ1) is 18.0. The average molecular weight is 560 g/mol. The van der Waals surface area contributed by atoms with Crippen molar-refractivity contribution in [3.05, 3.63) is 94.0 Å². The number of anilines is 1. The van der Waals surface area contributed by atoms with Crippen LogP contribution < -0.4 is 5.32 Å². The molecular weight excluding hydrogens is 532 g/mol.